The second kappa shape index (κ2) is 9.12. The van der Waals surface area contributed by atoms with Gasteiger partial charge in [0, 0.05) is 30.7 Å². The minimum Gasteiger partial charge on any atom is -0.383 e. The van der Waals surface area contributed by atoms with Gasteiger partial charge in [-0.3, -0.25) is 4.79 Å². The highest BCUT2D eigenvalue weighted by atomic mass is 32.2. The normalized spacial score (nSPS) is 12.0. The summed E-state index contributed by atoms with van der Waals surface area (Å²) in [5.74, 6) is 0.200. The summed E-state index contributed by atoms with van der Waals surface area (Å²) >= 11 is 2.95. The van der Waals surface area contributed by atoms with E-state index in [0.29, 0.717) is 30.1 Å². The first-order valence-corrected chi connectivity index (χ1v) is 10.0. The summed E-state index contributed by atoms with van der Waals surface area (Å²) in [6.07, 6.45) is 0.354. The highest BCUT2D eigenvalue weighted by molar-refractivity contribution is 7.99. The number of hydrogen-bond acceptors (Lipinski definition) is 4. The van der Waals surface area contributed by atoms with Gasteiger partial charge < -0.3 is 9.30 Å². The minimum atomic E-state index is -0.297. The van der Waals surface area contributed by atoms with Crippen LogP contribution in [0.15, 0.2) is 58.4 Å². The monoisotopic (exact) mass is 390 g/mol. The van der Waals surface area contributed by atoms with E-state index < -0.39 is 0 Å². The summed E-state index contributed by atoms with van der Waals surface area (Å²) in [5, 5.41) is 0. The van der Waals surface area contributed by atoms with Crippen LogP contribution in [0.25, 0.3) is 10.2 Å². The van der Waals surface area contributed by atoms with Crippen molar-refractivity contribution in [2.24, 2.45) is 4.99 Å². The van der Waals surface area contributed by atoms with Crippen molar-refractivity contribution in [2.45, 2.75) is 17.9 Å². The predicted molar refractivity (Wildman–Crippen MR) is 104 cm³/mol. The Hall–Kier alpha value is -1.96. The number of thiazole rings is 1. The molecule has 0 N–H and O–H groups in total. The van der Waals surface area contributed by atoms with Gasteiger partial charge in [-0.15, -0.1) is 11.8 Å². The minimum absolute atomic E-state index is 0.174. The van der Waals surface area contributed by atoms with E-state index in [-0.39, 0.29) is 11.7 Å². The lowest BCUT2D eigenvalue weighted by molar-refractivity contribution is -0.117. The maximum atomic E-state index is 13.5. The number of aromatic nitrogens is 1. The third kappa shape index (κ3) is 4.81. The number of fused-ring (bicyclic) bond motifs is 1. The number of carbonyl (C=O) groups excluding carboxylic acids is 1. The molecule has 0 atom stereocenters. The van der Waals surface area contributed by atoms with Gasteiger partial charge in [-0.25, -0.2) is 4.39 Å². The highest BCUT2D eigenvalue weighted by Crippen LogP contribution is 2.20. The Morgan fingerprint density at radius 1 is 1.27 bits per heavy atom. The molecule has 1 heterocycles. The van der Waals surface area contributed by atoms with Gasteiger partial charge in [0.1, 0.15) is 5.82 Å². The SMILES string of the molecule is COCCn1c(=NC(=O)CCSc2ccccc2)sc2cc(F)ccc21. The molecule has 4 nitrogen and oxygen atoms in total. The number of benzene rings is 2. The maximum Gasteiger partial charge on any atom is 0.249 e. The molecule has 1 amide bonds. The number of carbonyl (C=O) groups is 1. The number of ether oxygens (including phenoxy) is 1. The number of hydrogen-bond donors (Lipinski definition) is 0. The number of thioether (sulfide) groups is 1. The van der Waals surface area contributed by atoms with Gasteiger partial charge in [-0.1, -0.05) is 29.5 Å². The zero-order valence-corrected chi connectivity index (χ0v) is 16.0. The Kier molecular flexibility index (Phi) is 6.60. The van der Waals surface area contributed by atoms with Crippen LogP contribution < -0.4 is 4.80 Å². The van der Waals surface area contributed by atoms with E-state index in [0.717, 1.165) is 15.1 Å². The van der Waals surface area contributed by atoms with Crippen LogP contribution in [0.2, 0.25) is 0 Å². The van der Waals surface area contributed by atoms with Crippen LogP contribution >= 0.6 is 23.1 Å². The molecule has 0 saturated carbocycles. The molecule has 1 aromatic heterocycles. The van der Waals surface area contributed by atoms with Crippen molar-refractivity contribution < 1.29 is 13.9 Å². The summed E-state index contributed by atoms with van der Waals surface area (Å²) in [5.41, 5.74) is 0.860. The first kappa shape index (κ1) is 18.8. The van der Waals surface area contributed by atoms with E-state index >= 15 is 0 Å². The molecule has 0 aliphatic rings. The fraction of sp³-hybridized carbons (Fsp3) is 0.263. The average molecular weight is 391 g/mol. The average Bonchev–Trinajstić information content (AvgIpc) is 2.96. The fourth-order valence-electron chi connectivity index (χ4n) is 2.47. The summed E-state index contributed by atoms with van der Waals surface area (Å²) in [6, 6.07) is 14.6. The molecule has 0 aliphatic carbocycles. The number of halogens is 1. The molecular weight excluding hydrogens is 371 g/mol. The fourth-order valence-corrected chi connectivity index (χ4v) is 4.43. The quantitative estimate of drug-likeness (QED) is 0.571. The van der Waals surface area contributed by atoms with Gasteiger partial charge in [-0.05, 0) is 30.3 Å². The van der Waals surface area contributed by atoms with E-state index in [1.54, 1.807) is 24.9 Å². The lowest BCUT2D eigenvalue weighted by Crippen LogP contribution is -2.19. The zero-order chi connectivity index (χ0) is 18.4. The van der Waals surface area contributed by atoms with Crippen molar-refractivity contribution in [1.82, 2.24) is 4.57 Å². The summed E-state index contributed by atoms with van der Waals surface area (Å²) in [4.78, 5) is 18.3. The smallest absolute Gasteiger partial charge is 0.249 e. The molecule has 2 aromatic carbocycles. The molecule has 0 saturated heterocycles. The van der Waals surface area contributed by atoms with Crippen molar-refractivity contribution >= 4 is 39.2 Å². The van der Waals surface area contributed by atoms with Crippen LogP contribution in [0, 0.1) is 5.82 Å². The third-order valence-corrected chi connectivity index (χ3v) is 5.77. The zero-order valence-electron chi connectivity index (χ0n) is 14.4. The van der Waals surface area contributed by atoms with Crippen LogP contribution in [0.1, 0.15) is 6.42 Å². The van der Waals surface area contributed by atoms with Crippen LogP contribution in [0.4, 0.5) is 4.39 Å². The van der Waals surface area contributed by atoms with Gasteiger partial charge in [0.25, 0.3) is 0 Å². The van der Waals surface area contributed by atoms with Crippen molar-refractivity contribution in [2.75, 3.05) is 19.5 Å². The lowest BCUT2D eigenvalue weighted by atomic mass is 10.3. The molecule has 3 aromatic rings. The molecule has 7 heteroatoms. The molecular formula is C19H19FN2O2S2. The standard InChI is InChI=1S/C19H19FN2O2S2/c1-24-11-10-22-16-8-7-14(20)13-17(16)26-19(22)21-18(23)9-12-25-15-5-3-2-4-6-15/h2-8,13H,9-12H2,1H3. The summed E-state index contributed by atoms with van der Waals surface area (Å²) < 4.78 is 21.3. The van der Waals surface area contributed by atoms with Crippen molar-refractivity contribution in [1.29, 1.82) is 0 Å². The van der Waals surface area contributed by atoms with Gasteiger partial charge in [0.2, 0.25) is 5.91 Å². The Bertz CT molecular complexity index is 951. The number of amides is 1. The van der Waals surface area contributed by atoms with Gasteiger partial charge in [0.15, 0.2) is 4.80 Å². The van der Waals surface area contributed by atoms with Gasteiger partial charge >= 0.3 is 0 Å². The topological polar surface area (TPSA) is 43.6 Å². The van der Waals surface area contributed by atoms with Gasteiger partial charge in [-0.2, -0.15) is 4.99 Å². The first-order valence-electron chi connectivity index (χ1n) is 8.20. The van der Waals surface area contributed by atoms with Crippen molar-refractivity contribution in [3.8, 4) is 0 Å². The Morgan fingerprint density at radius 2 is 2.08 bits per heavy atom. The molecule has 0 unspecified atom stereocenters. The second-order valence-corrected chi connectivity index (χ2v) is 7.74. The molecule has 0 bridgehead atoms. The van der Waals surface area contributed by atoms with Crippen molar-refractivity contribution in [3.05, 3.63) is 59.1 Å². The van der Waals surface area contributed by atoms with Crippen LogP contribution in [0.3, 0.4) is 0 Å². The van der Waals surface area contributed by atoms with Crippen LogP contribution in [-0.4, -0.2) is 29.9 Å². The summed E-state index contributed by atoms with van der Waals surface area (Å²) in [7, 11) is 1.62. The molecule has 0 fully saturated rings. The molecule has 136 valence electrons. The number of rotatable bonds is 7. The second-order valence-electron chi connectivity index (χ2n) is 5.56. The van der Waals surface area contributed by atoms with Crippen molar-refractivity contribution in [3.63, 3.8) is 0 Å². The molecule has 0 spiro atoms. The largest absolute Gasteiger partial charge is 0.383 e. The van der Waals surface area contributed by atoms with E-state index in [1.807, 2.05) is 34.9 Å². The third-order valence-electron chi connectivity index (χ3n) is 3.71. The van der Waals surface area contributed by atoms with E-state index in [1.165, 1.54) is 23.5 Å². The van der Waals surface area contributed by atoms with Crippen LogP contribution in [0.5, 0.6) is 0 Å². The lowest BCUT2D eigenvalue weighted by Gasteiger charge is -2.04. The number of methoxy groups -OCH3 is 1. The number of nitrogens with zero attached hydrogens (tertiary/aromatic N) is 2. The Balaban J connectivity index is 1.77. The highest BCUT2D eigenvalue weighted by Gasteiger charge is 2.09. The molecule has 0 radical (unpaired) electrons. The molecule has 3 rings (SSSR count). The van der Waals surface area contributed by atoms with Crippen LogP contribution in [-0.2, 0) is 16.1 Å². The van der Waals surface area contributed by atoms with E-state index in [9.17, 15) is 9.18 Å². The Morgan fingerprint density at radius 3 is 2.85 bits per heavy atom. The van der Waals surface area contributed by atoms with E-state index in [2.05, 4.69) is 4.99 Å². The first-order chi connectivity index (χ1) is 12.7. The molecule has 0 aliphatic heterocycles. The molecule has 26 heavy (non-hydrogen) atoms. The summed E-state index contributed by atoms with van der Waals surface area (Å²) in [6.45, 7) is 1.06. The van der Waals surface area contributed by atoms with E-state index in [4.69, 9.17) is 4.74 Å². The predicted octanol–water partition coefficient (Wildman–Crippen LogP) is 4.10. The Labute approximate surface area is 159 Å². The maximum absolute atomic E-state index is 13.5. The van der Waals surface area contributed by atoms with Gasteiger partial charge in [0.05, 0.1) is 16.8 Å².